The molecule has 6 nitrogen and oxygen atoms in total. The fourth-order valence-corrected chi connectivity index (χ4v) is 2.68. The number of aliphatic hydroxyl groups excluding tert-OH is 1. The third-order valence-electron chi connectivity index (χ3n) is 3.07. The van der Waals surface area contributed by atoms with E-state index in [1.807, 2.05) is 6.07 Å². The highest BCUT2D eigenvalue weighted by atomic mass is 31.2. The van der Waals surface area contributed by atoms with Gasteiger partial charge in [-0.15, -0.1) is 0 Å². The van der Waals surface area contributed by atoms with Crippen LogP contribution in [-0.2, 0) is 11.0 Å². The summed E-state index contributed by atoms with van der Waals surface area (Å²) in [4.78, 5) is 17.9. The van der Waals surface area contributed by atoms with Crippen LogP contribution in [0.2, 0.25) is 0 Å². The molecule has 21 heavy (non-hydrogen) atoms. The van der Waals surface area contributed by atoms with Crippen molar-refractivity contribution in [1.29, 1.82) is 0 Å². The summed E-state index contributed by atoms with van der Waals surface area (Å²) < 4.78 is 14.4. The van der Waals surface area contributed by atoms with Crippen LogP contribution in [0.25, 0.3) is 0 Å². The molecule has 112 valence electrons. The van der Waals surface area contributed by atoms with Gasteiger partial charge < -0.3 is 20.0 Å². The van der Waals surface area contributed by atoms with E-state index in [1.165, 1.54) is 6.08 Å². The number of aryl methyl sites for hydroxylation is 1. The van der Waals surface area contributed by atoms with Gasteiger partial charge in [-0.2, -0.15) is 4.76 Å². The van der Waals surface area contributed by atoms with Crippen molar-refractivity contribution in [1.82, 2.24) is 0 Å². The predicted molar refractivity (Wildman–Crippen MR) is 79.3 cm³/mol. The molecule has 0 bridgehead atoms. The molecule has 1 aliphatic carbocycles. The number of hydrogen-bond acceptors (Lipinski definition) is 3. The molecule has 1 aromatic rings. The molecule has 0 amide bonds. The highest BCUT2D eigenvalue weighted by Gasteiger charge is 2.20. The van der Waals surface area contributed by atoms with Crippen molar-refractivity contribution in [2.75, 3.05) is 0 Å². The Morgan fingerprint density at radius 3 is 2.62 bits per heavy atom. The second kappa shape index (κ2) is 6.26. The van der Waals surface area contributed by atoms with E-state index in [2.05, 4.69) is 4.76 Å². The molecule has 0 spiro atoms. The van der Waals surface area contributed by atoms with Gasteiger partial charge >= 0.3 is 7.75 Å². The summed E-state index contributed by atoms with van der Waals surface area (Å²) in [5.74, 6) is 0.118. The molecule has 2 rings (SSSR count). The van der Waals surface area contributed by atoms with Crippen LogP contribution in [0.3, 0.4) is 0 Å². The fourth-order valence-electron chi connectivity index (χ4n) is 2.17. The summed E-state index contributed by atoms with van der Waals surface area (Å²) in [5.41, 5.74) is 1.48. The molecule has 0 heterocycles. The van der Waals surface area contributed by atoms with E-state index >= 15 is 0 Å². The van der Waals surface area contributed by atoms with Gasteiger partial charge in [0.1, 0.15) is 11.5 Å². The Bertz CT molecular complexity index is 672. The number of rotatable bonds is 4. The number of aliphatic hydroxyl groups is 1. The van der Waals surface area contributed by atoms with E-state index < -0.39 is 7.75 Å². The summed E-state index contributed by atoms with van der Waals surface area (Å²) in [6.07, 6.45) is 4.25. The molecule has 1 aromatic carbocycles. The first kappa shape index (κ1) is 15.5. The number of aromatic hydroxyl groups is 1. The first-order valence-electron chi connectivity index (χ1n) is 6.37. The maximum atomic E-state index is 11.0. The molecule has 0 saturated heterocycles. The molecular formula is C14H16NO5P. The van der Waals surface area contributed by atoms with Gasteiger partial charge in [0.25, 0.3) is 0 Å². The molecular weight excluding hydrogens is 293 g/mol. The lowest BCUT2D eigenvalue weighted by Crippen LogP contribution is -2.10. The summed E-state index contributed by atoms with van der Waals surface area (Å²) in [6, 6.07) is 6.71. The summed E-state index contributed by atoms with van der Waals surface area (Å²) in [7, 11) is -4.53. The van der Waals surface area contributed by atoms with Crippen molar-refractivity contribution in [3.05, 3.63) is 53.3 Å². The smallest absolute Gasteiger partial charge is 0.448 e. The van der Waals surface area contributed by atoms with Crippen molar-refractivity contribution in [2.24, 2.45) is 4.76 Å². The van der Waals surface area contributed by atoms with E-state index in [4.69, 9.17) is 9.79 Å². The van der Waals surface area contributed by atoms with Gasteiger partial charge in [0.2, 0.25) is 0 Å². The molecule has 0 saturated carbocycles. The third-order valence-corrected chi connectivity index (χ3v) is 3.57. The fraction of sp³-hybridized carbons (Fsp3) is 0.214. The zero-order valence-corrected chi connectivity index (χ0v) is 12.1. The molecule has 4 N–H and O–H groups in total. The lowest BCUT2D eigenvalue weighted by molar-refractivity contribution is 0.375. The van der Waals surface area contributed by atoms with Crippen LogP contribution in [0.5, 0.6) is 5.75 Å². The van der Waals surface area contributed by atoms with E-state index in [0.29, 0.717) is 18.4 Å². The monoisotopic (exact) mass is 309 g/mol. The van der Waals surface area contributed by atoms with Crippen molar-refractivity contribution in [3.63, 3.8) is 0 Å². The molecule has 0 aromatic heterocycles. The Morgan fingerprint density at radius 2 is 1.95 bits per heavy atom. The maximum Gasteiger partial charge on any atom is 0.448 e. The average molecular weight is 309 g/mol. The van der Waals surface area contributed by atoms with Crippen LogP contribution in [-0.4, -0.2) is 25.7 Å². The first-order chi connectivity index (χ1) is 9.85. The van der Waals surface area contributed by atoms with Gasteiger partial charge in [-0.05, 0) is 36.6 Å². The van der Waals surface area contributed by atoms with E-state index in [-0.39, 0.29) is 23.6 Å². The minimum atomic E-state index is -4.53. The van der Waals surface area contributed by atoms with Gasteiger partial charge in [0, 0.05) is 12.0 Å². The van der Waals surface area contributed by atoms with Gasteiger partial charge in [0.15, 0.2) is 0 Å². The van der Waals surface area contributed by atoms with Crippen LogP contribution in [0.15, 0.2) is 52.5 Å². The molecule has 0 aliphatic heterocycles. The number of hydrogen-bond donors (Lipinski definition) is 4. The minimum Gasteiger partial charge on any atom is -0.508 e. The Balaban J connectivity index is 2.20. The van der Waals surface area contributed by atoms with Gasteiger partial charge in [-0.3, -0.25) is 0 Å². The summed E-state index contributed by atoms with van der Waals surface area (Å²) in [5, 5.41) is 19.3. The van der Waals surface area contributed by atoms with E-state index in [1.54, 1.807) is 24.3 Å². The Kier molecular flexibility index (Phi) is 4.63. The average Bonchev–Trinajstić information content (AvgIpc) is 2.36. The number of nitrogens with zero attached hydrogens (tertiary/aromatic N) is 1. The molecule has 7 heteroatoms. The van der Waals surface area contributed by atoms with Crippen LogP contribution >= 0.6 is 7.75 Å². The predicted octanol–water partition coefficient (Wildman–Crippen LogP) is 2.63. The lowest BCUT2D eigenvalue weighted by atomic mass is 9.95. The third kappa shape index (κ3) is 4.56. The number of benzene rings is 1. The SMILES string of the molecule is O=P(O)(O)N=C1CC=CC(O)=C1CCc1cccc(O)c1. The normalized spacial score (nSPS) is 17.5. The van der Waals surface area contributed by atoms with Crippen LogP contribution < -0.4 is 0 Å². The minimum absolute atomic E-state index is 0.0337. The van der Waals surface area contributed by atoms with Gasteiger partial charge in [-0.1, -0.05) is 18.2 Å². The Hall–Kier alpha value is -1.88. The maximum absolute atomic E-state index is 11.0. The molecule has 0 unspecified atom stereocenters. The topological polar surface area (TPSA) is 110 Å². The largest absolute Gasteiger partial charge is 0.508 e. The molecule has 1 aliphatic rings. The molecule has 0 fully saturated rings. The van der Waals surface area contributed by atoms with Crippen molar-refractivity contribution in [3.8, 4) is 5.75 Å². The van der Waals surface area contributed by atoms with Gasteiger partial charge in [0.05, 0.1) is 5.71 Å². The second-order valence-corrected chi connectivity index (χ2v) is 5.93. The standard InChI is InChI=1S/C14H16NO5P/c16-11-4-1-3-10(9-11)7-8-12-13(15-21(18,19)20)5-2-6-14(12)17/h1-4,6,9,16-17H,5,7-8H2,(H2,18,19,20). The van der Waals surface area contributed by atoms with Gasteiger partial charge in [-0.25, -0.2) is 4.57 Å². The number of phenolic OH excluding ortho intramolecular Hbond substituents is 1. The number of phenols is 1. The zero-order chi connectivity index (χ0) is 15.5. The van der Waals surface area contributed by atoms with Crippen molar-refractivity contribution in [2.45, 2.75) is 19.3 Å². The van der Waals surface area contributed by atoms with Crippen molar-refractivity contribution >= 4 is 13.5 Å². The van der Waals surface area contributed by atoms with E-state index in [0.717, 1.165) is 5.56 Å². The Labute approximate surface area is 122 Å². The molecule has 0 radical (unpaired) electrons. The zero-order valence-electron chi connectivity index (χ0n) is 11.2. The van der Waals surface area contributed by atoms with Crippen LogP contribution in [0.1, 0.15) is 18.4 Å². The summed E-state index contributed by atoms with van der Waals surface area (Å²) >= 11 is 0. The van der Waals surface area contributed by atoms with Crippen LogP contribution in [0, 0.1) is 0 Å². The number of allylic oxidation sites excluding steroid dienone is 3. The summed E-state index contributed by atoms with van der Waals surface area (Å²) in [6.45, 7) is 0. The highest BCUT2D eigenvalue weighted by Crippen LogP contribution is 2.38. The lowest BCUT2D eigenvalue weighted by Gasteiger charge is -2.15. The molecule has 0 atom stereocenters. The first-order valence-corrected chi connectivity index (χ1v) is 7.93. The highest BCUT2D eigenvalue weighted by molar-refractivity contribution is 7.50. The van der Waals surface area contributed by atoms with E-state index in [9.17, 15) is 14.8 Å². The second-order valence-electron chi connectivity index (χ2n) is 4.70. The quantitative estimate of drug-likeness (QED) is 0.639. The van der Waals surface area contributed by atoms with Crippen LogP contribution in [0.4, 0.5) is 0 Å². The Morgan fingerprint density at radius 1 is 1.19 bits per heavy atom. The van der Waals surface area contributed by atoms with Crippen molar-refractivity contribution < 1.29 is 24.6 Å².